The molecular weight excluding hydrogens is 384 g/mol. The lowest BCUT2D eigenvalue weighted by atomic mass is 10.2. The Morgan fingerprint density at radius 3 is 1.07 bits per heavy atom. The van der Waals surface area contributed by atoms with Crippen LogP contribution in [0.3, 0.4) is 0 Å². The lowest BCUT2D eigenvalue weighted by molar-refractivity contribution is 0.140. The van der Waals surface area contributed by atoms with Gasteiger partial charge in [0.1, 0.15) is 0 Å². The zero-order chi connectivity index (χ0) is 22.0. The quantitative estimate of drug-likeness (QED) is 0.548. The van der Waals surface area contributed by atoms with Crippen LogP contribution in [0.25, 0.3) is 0 Å². The summed E-state index contributed by atoms with van der Waals surface area (Å²) in [7, 11) is -3.22. The first-order chi connectivity index (χ1) is 12.4. The molecule has 0 aromatic heterocycles. The Bertz CT molecular complexity index is 436. The van der Waals surface area contributed by atoms with Crippen LogP contribution in [0, 0.1) is 0 Å². The molecule has 28 heavy (non-hydrogen) atoms. The summed E-state index contributed by atoms with van der Waals surface area (Å²) < 4.78 is 12.4. The molecule has 0 bridgehead atoms. The van der Waals surface area contributed by atoms with Crippen LogP contribution in [-0.4, -0.2) is 51.3 Å². The third-order valence-corrected chi connectivity index (χ3v) is 16.3. The second kappa shape index (κ2) is 9.60. The summed E-state index contributed by atoms with van der Waals surface area (Å²) >= 11 is 0. The molecule has 0 saturated heterocycles. The molecule has 6 heteroatoms. The fourth-order valence-electron chi connectivity index (χ4n) is 3.24. The van der Waals surface area contributed by atoms with Crippen LogP contribution in [0.1, 0.15) is 80.1 Å². The Hall–Kier alpha value is 0.274. The summed E-state index contributed by atoms with van der Waals surface area (Å²) in [4.78, 5) is 0. The monoisotopic (exact) mass is 432 g/mol. The van der Waals surface area contributed by atoms with E-state index in [2.05, 4.69) is 67.7 Å². The highest BCUT2D eigenvalue weighted by atomic mass is 28.4. The van der Waals surface area contributed by atoms with E-state index >= 15 is 0 Å². The Kier molecular flexibility index (Phi) is 9.02. The maximum atomic E-state index is 9.43. The minimum atomic E-state index is -1.61. The first-order valence-electron chi connectivity index (χ1n) is 11.2. The highest BCUT2D eigenvalue weighted by molar-refractivity contribution is 6.74. The average Bonchev–Trinajstić information content (AvgIpc) is 3.05. The molecule has 0 aromatic carbocycles. The molecule has 2 fully saturated rings. The van der Waals surface area contributed by atoms with E-state index in [1.807, 2.05) is 0 Å². The predicted octanol–water partition coefficient (Wildman–Crippen LogP) is 5.84. The first-order valence-corrected chi connectivity index (χ1v) is 17.0. The van der Waals surface area contributed by atoms with E-state index in [0.717, 1.165) is 38.5 Å². The Morgan fingerprint density at radius 2 is 0.893 bits per heavy atom. The Balaban J connectivity index is 0.000000280. The van der Waals surface area contributed by atoms with E-state index in [-0.39, 0.29) is 22.3 Å². The van der Waals surface area contributed by atoms with Crippen LogP contribution in [0.2, 0.25) is 36.3 Å². The molecule has 0 unspecified atom stereocenters. The smallest absolute Gasteiger partial charge is 0.192 e. The fraction of sp³-hybridized carbons (Fsp3) is 1.00. The molecule has 0 radical (unpaired) electrons. The van der Waals surface area contributed by atoms with Crippen molar-refractivity contribution < 1.29 is 19.1 Å². The molecule has 2 N–H and O–H groups in total. The highest BCUT2D eigenvalue weighted by Crippen LogP contribution is 2.40. The lowest BCUT2D eigenvalue weighted by Gasteiger charge is -2.38. The first kappa shape index (κ1) is 26.3. The number of rotatable bonds is 4. The van der Waals surface area contributed by atoms with Crippen molar-refractivity contribution in [2.24, 2.45) is 0 Å². The second-order valence-electron chi connectivity index (χ2n) is 11.9. The van der Waals surface area contributed by atoms with Crippen LogP contribution in [0.5, 0.6) is 0 Å². The second-order valence-corrected chi connectivity index (χ2v) is 21.4. The SMILES string of the molecule is CC(C)(C)[Si](C)(C)O[C@@H]1CC[C@@H](O)C1.CC(C)(C)[Si](C)(C)O[C@H]1CC[C@H](O)C1. The van der Waals surface area contributed by atoms with Crippen LogP contribution in [-0.2, 0) is 8.85 Å². The molecule has 2 aliphatic carbocycles. The molecule has 2 saturated carbocycles. The number of hydrogen-bond acceptors (Lipinski definition) is 4. The summed E-state index contributed by atoms with van der Waals surface area (Å²) in [5, 5.41) is 19.4. The van der Waals surface area contributed by atoms with Crippen molar-refractivity contribution in [3.63, 3.8) is 0 Å². The number of hydrogen-bond donors (Lipinski definition) is 2. The fourth-order valence-corrected chi connectivity index (χ4v) is 6.04. The van der Waals surface area contributed by atoms with Gasteiger partial charge in [0, 0.05) is 12.2 Å². The van der Waals surface area contributed by atoms with Gasteiger partial charge in [0.25, 0.3) is 0 Å². The Morgan fingerprint density at radius 1 is 0.607 bits per heavy atom. The van der Waals surface area contributed by atoms with Crippen molar-refractivity contribution in [1.82, 2.24) is 0 Å². The minimum Gasteiger partial charge on any atom is -0.414 e. The molecule has 2 aliphatic rings. The van der Waals surface area contributed by atoms with Gasteiger partial charge in [0.05, 0.1) is 12.2 Å². The number of aliphatic hydroxyl groups is 2. The predicted molar refractivity (Wildman–Crippen MR) is 124 cm³/mol. The molecule has 4 nitrogen and oxygen atoms in total. The van der Waals surface area contributed by atoms with Gasteiger partial charge in [-0.25, -0.2) is 0 Å². The van der Waals surface area contributed by atoms with Crippen molar-refractivity contribution in [1.29, 1.82) is 0 Å². The molecule has 2 rings (SSSR count). The standard InChI is InChI=1S/2C11H24O2Si/c2*1-11(2,3)14(4,5)13-10-7-6-9(12)8-10/h2*9-10,12H,6-8H2,1-5H3/t2*9-,10-/m10/s1. The van der Waals surface area contributed by atoms with Crippen molar-refractivity contribution >= 4 is 16.6 Å². The zero-order valence-corrected chi connectivity index (χ0v) is 22.3. The molecule has 168 valence electrons. The van der Waals surface area contributed by atoms with E-state index in [1.165, 1.54) is 0 Å². The van der Waals surface area contributed by atoms with Gasteiger partial charge in [-0.05, 0) is 74.8 Å². The minimum absolute atomic E-state index is 0.121. The molecular formula is C22H48O4Si2. The molecule has 0 amide bonds. The molecule has 0 heterocycles. The molecule has 0 aliphatic heterocycles. The van der Waals surface area contributed by atoms with Gasteiger partial charge < -0.3 is 19.1 Å². The molecule has 4 atom stereocenters. The summed E-state index contributed by atoms with van der Waals surface area (Å²) in [5.41, 5.74) is 0. The summed E-state index contributed by atoms with van der Waals surface area (Å²) in [6.07, 6.45) is 5.96. The van der Waals surface area contributed by atoms with Gasteiger partial charge in [0.15, 0.2) is 16.6 Å². The van der Waals surface area contributed by atoms with Crippen molar-refractivity contribution in [2.75, 3.05) is 0 Å². The normalized spacial score (nSPS) is 29.6. The largest absolute Gasteiger partial charge is 0.414 e. The van der Waals surface area contributed by atoms with Crippen molar-refractivity contribution in [2.45, 2.75) is 141 Å². The lowest BCUT2D eigenvalue weighted by Crippen LogP contribution is -2.43. The van der Waals surface area contributed by atoms with Gasteiger partial charge in [-0.1, -0.05) is 41.5 Å². The Labute approximate surface area is 176 Å². The van der Waals surface area contributed by atoms with Gasteiger partial charge in [-0.3, -0.25) is 0 Å². The van der Waals surface area contributed by atoms with Crippen LogP contribution in [0.4, 0.5) is 0 Å². The molecule has 0 spiro atoms. The van der Waals surface area contributed by atoms with Crippen LogP contribution in [0.15, 0.2) is 0 Å². The zero-order valence-electron chi connectivity index (χ0n) is 20.3. The third-order valence-electron chi connectivity index (χ3n) is 7.25. The highest BCUT2D eigenvalue weighted by Gasteiger charge is 2.41. The average molecular weight is 433 g/mol. The van der Waals surface area contributed by atoms with Crippen molar-refractivity contribution in [3.05, 3.63) is 0 Å². The third kappa shape index (κ3) is 7.84. The van der Waals surface area contributed by atoms with Crippen molar-refractivity contribution in [3.8, 4) is 0 Å². The molecule has 0 aromatic rings. The van der Waals surface area contributed by atoms with Gasteiger partial charge >= 0.3 is 0 Å². The van der Waals surface area contributed by atoms with E-state index in [4.69, 9.17) is 8.85 Å². The van der Waals surface area contributed by atoms with Crippen LogP contribution >= 0.6 is 0 Å². The maximum Gasteiger partial charge on any atom is 0.192 e. The van der Waals surface area contributed by atoms with E-state index in [9.17, 15) is 10.2 Å². The van der Waals surface area contributed by atoms with E-state index in [1.54, 1.807) is 0 Å². The van der Waals surface area contributed by atoms with Gasteiger partial charge in [0.2, 0.25) is 0 Å². The summed E-state index contributed by atoms with van der Waals surface area (Å²) in [6, 6.07) is 0. The van der Waals surface area contributed by atoms with E-state index < -0.39 is 16.6 Å². The van der Waals surface area contributed by atoms with Gasteiger partial charge in [-0.2, -0.15) is 0 Å². The van der Waals surface area contributed by atoms with Gasteiger partial charge in [-0.15, -0.1) is 0 Å². The maximum absolute atomic E-state index is 9.43. The topological polar surface area (TPSA) is 58.9 Å². The summed E-state index contributed by atoms with van der Waals surface area (Å²) in [6.45, 7) is 22.6. The summed E-state index contributed by atoms with van der Waals surface area (Å²) in [5.74, 6) is 0. The van der Waals surface area contributed by atoms with E-state index in [0.29, 0.717) is 12.2 Å². The number of aliphatic hydroxyl groups excluding tert-OH is 2. The van der Waals surface area contributed by atoms with Crippen LogP contribution < -0.4 is 0 Å².